The normalized spacial score (nSPS) is 18.9. The fourth-order valence-corrected chi connectivity index (χ4v) is 2.47. The standard InChI is InChI=1S/C16H26N2O2/c1-16(2)13-19-11-9-18(16)8-3-10-20-15-6-4-14(12-17)5-7-15/h4-7H,3,8-13,17H2,1-2H3. The molecule has 112 valence electrons. The second-order valence-corrected chi connectivity index (χ2v) is 5.90. The lowest BCUT2D eigenvalue weighted by Crippen LogP contribution is -2.53. The SMILES string of the molecule is CC1(C)COCCN1CCCOc1ccc(CN)cc1. The van der Waals surface area contributed by atoms with Gasteiger partial charge in [-0.3, -0.25) is 4.90 Å². The summed E-state index contributed by atoms with van der Waals surface area (Å²) in [4.78, 5) is 2.48. The van der Waals surface area contributed by atoms with Crippen LogP contribution in [0.25, 0.3) is 0 Å². The molecule has 1 fully saturated rings. The zero-order valence-corrected chi connectivity index (χ0v) is 12.6. The Balaban J connectivity index is 1.70. The average Bonchev–Trinajstić information content (AvgIpc) is 2.45. The van der Waals surface area contributed by atoms with Crippen molar-refractivity contribution in [3.63, 3.8) is 0 Å². The van der Waals surface area contributed by atoms with Gasteiger partial charge in [0, 0.05) is 25.2 Å². The number of benzene rings is 1. The molecule has 0 saturated carbocycles. The van der Waals surface area contributed by atoms with Crippen LogP contribution in [0, 0.1) is 0 Å². The van der Waals surface area contributed by atoms with Gasteiger partial charge in [0.05, 0.1) is 19.8 Å². The molecule has 1 aliphatic heterocycles. The third-order valence-corrected chi connectivity index (χ3v) is 3.82. The summed E-state index contributed by atoms with van der Waals surface area (Å²) in [6.07, 6.45) is 1.03. The van der Waals surface area contributed by atoms with Crippen LogP contribution < -0.4 is 10.5 Å². The number of morpholine rings is 1. The van der Waals surface area contributed by atoms with E-state index >= 15 is 0 Å². The highest BCUT2D eigenvalue weighted by Gasteiger charge is 2.29. The first-order chi connectivity index (χ1) is 9.62. The Bertz CT molecular complexity index is 403. The van der Waals surface area contributed by atoms with E-state index in [2.05, 4.69) is 18.7 Å². The summed E-state index contributed by atoms with van der Waals surface area (Å²) < 4.78 is 11.3. The minimum atomic E-state index is 0.140. The van der Waals surface area contributed by atoms with Gasteiger partial charge in [-0.2, -0.15) is 0 Å². The molecule has 0 radical (unpaired) electrons. The smallest absolute Gasteiger partial charge is 0.119 e. The molecule has 1 aromatic carbocycles. The van der Waals surface area contributed by atoms with Crippen LogP contribution in [0.5, 0.6) is 5.75 Å². The maximum Gasteiger partial charge on any atom is 0.119 e. The van der Waals surface area contributed by atoms with Crippen LogP contribution in [0.4, 0.5) is 0 Å². The van der Waals surface area contributed by atoms with Gasteiger partial charge in [0.2, 0.25) is 0 Å². The predicted molar refractivity (Wildman–Crippen MR) is 80.9 cm³/mol. The summed E-state index contributed by atoms with van der Waals surface area (Å²) in [6, 6.07) is 8.00. The molecular formula is C16H26N2O2. The second kappa shape index (κ2) is 7.07. The molecule has 20 heavy (non-hydrogen) atoms. The van der Waals surface area contributed by atoms with E-state index in [-0.39, 0.29) is 5.54 Å². The van der Waals surface area contributed by atoms with Gasteiger partial charge in [-0.25, -0.2) is 0 Å². The van der Waals surface area contributed by atoms with E-state index in [1.54, 1.807) is 0 Å². The highest BCUT2D eigenvalue weighted by molar-refractivity contribution is 5.26. The zero-order chi connectivity index (χ0) is 14.4. The summed E-state index contributed by atoms with van der Waals surface area (Å²) in [5.41, 5.74) is 6.84. The molecule has 1 heterocycles. The molecule has 1 saturated heterocycles. The molecule has 4 nitrogen and oxygen atoms in total. The Hall–Kier alpha value is -1.10. The Morgan fingerprint density at radius 1 is 1.30 bits per heavy atom. The molecule has 0 atom stereocenters. The van der Waals surface area contributed by atoms with Crippen molar-refractivity contribution in [2.75, 3.05) is 32.9 Å². The van der Waals surface area contributed by atoms with Crippen molar-refractivity contribution in [1.82, 2.24) is 4.90 Å². The number of hydrogen-bond donors (Lipinski definition) is 1. The first kappa shape index (κ1) is 15.3. The molecule has 0 amide bonds. The maximum atomic E-state index is 5.77. The van der Waals surface area contributed by atoms with Crippen LogP contribution in [0.2, 0.25) is 0 Å². The first-order valence-electron chi connectivity index (χ1n) is 7.36. The monoisotopic (exact) mass is 278 g/mol. The van der Waals surface area contributed by atoms with E-state index in [1.807, 2.05) is 24.3 Å². The number of rotatable bonds is 6. The van der Waals surface area contributed by atoms with Crippen molar-refractivity contribution >= 4 is 0 Å². The average molecular weight is 278 g/mol. The van der Waals surface area contributed by atoms with Crippen LogP contribution in [0.1, 0.15) is 25.8 Å². The lowest BCUT2D eigenvalue weighted by molar-refractivity contribution is -0.0521. The lowest BCUT2D eigenvalue weighted by Gasteiger charge is -2.42. The van der Waals surface area contributed by atoms with Gasteiger partial charge in [-0.1, -0.05) is 12.1 Å². The summed E-state index contributed by atoms with van der Waals surface area (Å²) in [5.74, 6) is 0.920. The van der Waals surface area contributed by atoms with Crippen molar-refractivity contribution in [3.05, 3.63) is 29.8 Å². The maximum absolute atomic E-state index is 5.77. The van der Waals surface area contributed by atoms with Gasteiger partial charge in [-0.05, 0) is 38.0 Å². The highest BCUT2D eigenvalue weighted by Crippen LogP contribution is 2.19. The van der Waals surface area contributed by atoms with Crippen molar-refractivity contribution < 1.29 is 9.47 Å². The molecule has 0 aliphatic carbocycles. The molecule has 0 bridgehead atoms. The van der Waals surface area contributed by atoms with Crippen molar-refractivity contribution in [3.8, 4) is 5.75 Å². The largest absolute Gasteiger partial charge is 0.494 e. The van der Waals surface area contributed by atoms with Gasteiger partial charge < -0.3 is 15.2 Å². The quantitative estimate of drug-likeness (QED) is 0.809. The third kappa shape index (κ3) is 4.20. The fraction of sp³-hybridized carbons (Fsp3) is 0.625. The van der Waals surface area contributed by atoms with Crippen molar-refractivity contribution in [2.45, 2.75) is 32.4 Å². The van der Waals surface area contributed by atoms with Crippen LogP contribution in [0.3, 0.4) is 0 Å². The van der Waals surface area contributed by atoms with E-state index in [0.717, 1.165) is 50.6 Å². The molecule has 0 unspecified atom stereocenters. The zero-order valence-electron chi connectivity index (χ0n) is 12.6. The van der Waals surface area contributed by atoms with Gasteiger partial charge in [-0.15, -0.1) is 0 Å². The Morgan fingerprint density at radius 3 is 2.70 bits per heavy atom. The van der Waals surface area contributed by atoms with E-state index < -0.39 is 0 Å². The van der Waals surface area contributed by atoms with E-state index in [9.17, 15) is 0 Å². The van der Waals surface area contributed by atoms with Crippen LogP contribution in [-0.4, -0.2) is 43.3 Å². The molecule has 2 rings (SSSR count). The van der Waals surface area contributed by atoms with Crippen molar-refractivity contribution in [1.29, 1.82) is 0 Å². The highest BCUT2D eigenvalue weighted by atomic mass is 16.5. The third-order valence-electron chi connectivity index (χ3n) is 3.82. The van der Waals surface area contributed by atoms with E-state index in [1.165, 1.54) is 0 Å². The Morgan fingerprint density at radius 2 is 2.05 bits per heavy atom. The lowest BCUT2D eigenvalue weighted by atomic mass is 10.0. The number of hydrogen-bond acceptors (Lipinski definition) is 4. The van der Waals surface area contributed by atoms with E-state index in [4.69, 9.17) is 15.2 Å². The van der Waals surface area contributed by atoms with Gasteiger partial charge >= 0.3 is 0 Å². The number of ether oxygens (including phenoxy) is 2. The number of nitrogens with two attached hydrogens (primary N) is 1. The minimum absolute atomic E-state index is 0.140. The summed E-state index contributed by atoms with van der Waals surface area (Å²) in [5, 5.41) is 0. The Kier molecular flexibility index (Phi) is 5.40. The molecule has 4 heteroatoms. The molecule has 2 N–H and O–H groups in total. The van der Waals surface area contributed by atoms with E-state index in [0.29, 0.717) is 6.54 Å². The van der Waals surface area contributed by atoms with Gasteiger partial charge in [0.1, 0.15) is 5.75 Å². The number of nitrogens with zero attached hydrogens (tertiary/aromatic N) is 1. The topological polar surface area (TPSA) is 47.7 Å². The van der Waals surface area contributed by atoms with Crippen LogP contribution in [0.15, 0.2) is 24.3 Å². The molecule has 1 aromatic rings. The predicted octanol–water partition coefficient (Wildman–Crippen LogP) is 2.02. The molecular weight excluding hydrogens is 252 g/mol. The van der Waals surface area contributed by atoms with Crippen molar-refractivity contribution in [2.24, 2.45) is 5.73 Å². The minimum Gasteiger partial charge on any atom is -0.494 e. The summed E-state index contributed by atoms with van der Waals surface area (Å²) >= 11 is 0. The fourth-order valence-electron chi connectivity index (χ4n) is 2.47. The second-order valence-electron chi connectivity index (χ2n) is 5.90. The molecule has 0 spiro atoms. The van der Waals surface area contributed by atoms with Crippen LogP contribution >= 0.6 is 0 Å². The van der Waals surface area contributed by atoms with Crippen LogP contribution in [-0.2, 0) is 11.3 Å². The first-order valence-corrected chi connectivity index (χ1v) is 7.36. The summed E-state index contributed by atoms with van der Waals surface area (Å²) in [6.45, 7) is 9.51. The van der Waals surface area contributed by atoms with Gasteiger partial charge in [0.15, 0.2) is 0 Å². The molecule has 1 aliphatic rings. The summed E-state index contributed by atoms with van der Waals surface area (Å²) in [7, 11) is 0. The Labute approximate surface area is 121 Å². The van der Waals surface area contributed by atoms with Gasteiger partial charge in [0.25, 0.3) is 0 Å². The molecule has 0 aromatic heterocycles.